The quantitative estimate of drug-likeness (QED) is 0.318. The molecular weight excluding hydrogens is 402 g/mol. The fourth-order valence-electron chi connectivity index (χ4n) is 2.97. The van der Waals surface area contributed by atoms with Crippen LogP contribution in [0, 0.1) is 6.92 Å². The number of benzene rings is 2. The van der Waals surface area contributed by atoms with E-state index in [-0.39, 0.29) is 0 Å². The SMILES string of the molecule is CCNC(=S)N/N=C\c1ccc(CC)c(COc2cc(C)c(Cl)cc2C(C)C)c1. The Bertz CT molecular complexity index is 881. The maximum absolute atomic E-state index is 6.32. The average Bonchev–Trinajstić information content (AvgIpc) is 2.68. The predicted octanol–water partition coefficient (Wildman–Crippen LogP) is 5.73. The van der Waals surface area contributed by atoms with E-state index < -0.39 is 0 Å². The molecule has 29 heavy (non-hydrogen) atoms. The van der Waals surface area contributed by atoms with Crippen molar-refractivity contribution in [2.24, 2.45) is 5.10 Å². The minimum Gasteiger partial charge on any atom is -0.489 e. The number of hydrazone groups is 1. The first kappa shape index (κ1) is 23.2. The van der Waals surface area contributed by atoms with Crippen molar-refractivity contribution in [1.29, 1.82) is 0 Å². The summed E-state index contributed by atoms with van der Waals surface area (Å²) in [5, 5.41) is 8.48. The Morgan fingerprint density at radius 3 is 2.62 bits per heavy atom. The number of halogens is 1. The molecule has 0 saturated carbocycles. The number of aryl methyl sites for hydroxylation is 2. The highest BCUT2D eigenvalue weighted by atomic mass is 35.5. The van der Waals surface area contributed by atoms with Gasteiger partial charge in [0.15, 0.2) is 5.11 Å². The van der Waals surface area contributed by atoms with E-state index in [9.17, 15) is 0 Å². The molecule has 0 aliphatic rings. The van der Waals surface area contributed by atoms with E-state index in [0.29, 0.717) is 17.6 Å². The zero-order chi connectivity index (χ0) is 21.4. The molecule has 0 saturated heterocycles. The Morgan fingerprint density at radius 1 is 1.21 bits per heavy atom. The molecule has 0 atom stereocenters. The third kappa shape index (κ3) is 6.72. The molecule has 0 amide bonds. The van der Waals surface area contributed by atoms with Gasteiger partial charge in [-0.1, -0.05) is 44.5 Å². The summed E-state index contributed by atoms with van der Waals surface area (Å²) >= 11 is 11.4. The summed E-state index contributed by atoms with van der Waals surface area (Å²) in [6.07, 6.45) is 2.70. The first-order valence-corrected chi connectivity index (χ1v) is 10.8. The fraction of sp³-hybridized carbons (Fsp3) is 0.391. The van der Waals surface area contributed by atoms with Crippen LogP contribution in [0.2, 0.25) is 5.02 Å². The smallest absolute Gasteiger partial charge is 0.186 e. The highest BCUT2D eigenvalue weighted by molar-refractivity contribution is 7.80. The fourth-order valence-corrected chi connectivity index (χ4v) is 3.34. The number of rotatable bonds is 8. The van der Waals surface area contributed by atoms with Crippen molar-refractivity contribution in [3.05, 3.63) is 63.2 Å². The second kappa shape index (κ2) is 11.2. The van der Waals surface area contributed by atoms with Crippen LogP contribution in [0.15, 0.2) is 35.4 Å². The molecule has 2 aromatic rings. The van der Waals surface area contributed by atoms with Crippen LogP contribution in [-0.4, -0.2) is 17.9 Å². The summed E-state index contributed by atoms with van der Waals surface area (Å²) in [7, 11) is 0. The first-order valence-electron chi connectivity index (χ1n) is 9.97. The third-order valence-corrected chi connectivity index (χ3v) is 5.27. The standard InChI is InChI=1S/C23H30ClN3OS/c1-6-18-9-8-17(13-26-27-23(29)25-7-2)11-19(18)14-28-22-10-16(5)21(24)12-20(22)15(3)4/h8-13,15H,6-7,14H2,1-5H3,(H2,25,27,29)/b26-13-. The molecule has 0 unspecified atom stereocenters. The Balaban J connectivity index is 2.19. The van der Waals surface area contributed by atoms with E-state index >= 15 is 0 Å². The van der Waals surface area contributed by atoms with Gasteiger partial charge in [-0.3, -0.25) is 5.43 Å². The van der Waals surface area contributed by atoms with Crippen molar-refractivity contribution < 1.29 is 4.74 Å². The van der Waals surface area contributed by atoms with Gasteiger partial charge >= 0.3 is 0 Å². The van der Waals surface area contributed by atoms with Gasteiger partial charge in [-0.05, 0) is 84.4 Å². The van der Waals surface area contributed by atoms with E-state index in [1.807, 2.05) is 26.0 Å². The summed E-state index contributed by atoms with van der Waals surface area (Å²) in [4.78, 5) is 0. The lowest BCUT2D eigenvalue weighted by molar-refractivity contribution is 0.300. The lowest BCUT2D eigenvalue weighted by Crippen LogP contribution is -2.31. The van der Waals surface area contributed by atoms with E-state index in [2.05, 4.69) is 54.8 Å². The van der Waals surface area contributed by atoms with Gasteiger partial charge in [-0.2, -0.15) is 5.10 Å². The van der Waals surface area contributed by atoms with Crippen molar-refractivity contribution in [3.63, 3.8) is 0 Å². The van der Waals surface area contributed by atoms with Gasteiger partial charge in [0.25, 0.3) is 0 Å². The summed E-state index contributed by atoms with van der Waals surface area (Å²) in [5.74, 6) is 1.22. The van der Waals surface area contributed by atoms with Crippen LogP contribution in [0.4, 0.5) is 0 Å². The topological polar surface area (TPSA) is 45.7 Å². The minimum absolute atomic E-state index is 0.332. The Hall–Kier alpha value is -2.11. The molecule has 2 rings (SSSR count). The van der Waals surface area contributed by atoms with E-state index in [1.54, 1.807) is 6.21 Å². The van der Waals surface area contributed by atoms with Gasteiger partial charge < -0.3 is 10.1 Å². The van der Waals surface area contributed by atoms with E-state index in [1.165, 1.54) is 5.56 Å². The molecule has 4 nitrogen and oxygen atoms in total. The molecule has 0 aliphatic heterocycles. The lowest BCUT2D eigenvalue weighted by atomic mass is 10.00. The number of nitrogens with zero attached hydrogens (tertiary/aromatic N) is 1. The normalized spacial score (nSPS) is 11.1. The lowest BCUT2D eigenvalue weighted by Gasteiger charge is -2.17. The van der Waals surface area contributed by atoms with Crippen molar-refractivity contribution >= 4 is 35.1 Å². The monoisotopic (exact) mass is 431 g/mol. The van der Waals surface area contributed by atoms with Gasteiger partial charge in [0.05, 0.1) is 6.21 Å². The Kier molecular flexibility index (Phi) is 8.93. The average molecular weight is 432 g/mol. The Morgan fingerprint density at radius 2 is 1.97 bits per heavy atom. The number of hydrogen-bond acceptors (Lipinski definition) is 3. The van der Waals surface area contributed by atoms with Crippen LogP contribution in [0.25, 0.3) is 0 Å². The van der Waals surface area contributed by atoms with Crippen LogP contribution in [-0.2, 0) is 13.0 Å². The summed E-state index contributed by atoms with van der Waals surface area (Å²) < 4.78 is 6.24. The maximum atomic E-state index is 6.32. The van der Waals surface area contributed by atoms with Crippen LogP contribution < -0.4 is 15.5 Å². The molecule has 0 fully saturated rings. The van der Waals surface area contributed by atoms with Gasteiger partial charge in [0, 0.05) is 11.6 Å². The van der Waals surface area contributed by atoms with Crippen LogP contribution in [0.5, 0.6) is 5.75 Å². The zero-order valence-corrected chi connectivity index (χ0v) is 19.4. The largest absolute Gasteiger partial charge is 0.489 e. The maximum Gasteiger partial charge on any atom is 0.186 e. The van der Waals surface area contributed by atoms with Crippen molar-refractivity contribution in [2.45, 2.75) is 53.6 Å². The highest BCUT2D eigenvalue weighted by Gasteiger charge is 2.12. The van der Waals surface area contributed by atoms with Crippen molar-refractivity contribution in [3.8, 4) is 5.75 Å². The molecule has 0 aliphatic carbocycles. The highest BCUT2D eigenvalue weighted by Crippen LogP contribution is 2.32. The molecular formula is C23H30ClN3OS. The predicted molar refractivity (Wildman–Crippen MR) is 127 cm³/mol. The molecule has 156 valence electrons. The number of ether oxygens (including phenoxy) is 1. The second-order valence-electron chi connectivity index (χ2n) is 7.19. The first-order chi connectivity index (χ1) is 13.8. The summed E-state index contributed by atoms with van der Waals surface area (Å²) in [6, 6.07) is 10.3. The molecule has 0 heterocycles. The van der Waals surface area contributed by atoms with Crippen LogP contribution in [0.3, 0.4) is 0 Å². The Labute approximate surface area is 184 Å². The van der Waals surface area contributed by atoms with Gasteiger partial charge in [-0.25, -0.2) is 0 Å². The molecule has 2 N–H and O–H groups in total. The van der Waals surface area contributed by atoms with Crippen molar-refractivity contribution in [1.82, 2.24) is 10.7 Å². The van der Waals surface area contributed by atoms with Gasteiger partial charge in [0.1, 0.15) is 12.4 Å². The van der Waals surface area contributed by atoms with Crippen molar-refractivity contribution in [2.75, 3.05) is 6.54 Å². The van der Waals surface area contributed by atoms with Crippen LogP contribution >= 0.6 is 23.8 Å². The molecule has 2 aromatic carbocycles. The molecule has 6 heteroatoms. The second-order valence-corrected chi connectivity index (χ2v) is 8.01. The van der Waals surface area contributed by atoms with Gasteiger partial charge in [-0.15, -0.1) is 0 Å². The molecule has 0 radical (unpaired) electrons. The van der Waals surface area contributed by atoms with E-state index in [4.69, 9.17) is 28.6 Å². The van der Waals surface area contributed by atoms with E-state index in [0.717, 1.165) is 46.0 Å². The zero-order valence-electron chi connectivity index (χ0n) is 17.8. The van der Waals surface area contributed by atoms with Crippen LogP contribution in [0.1, 0.15) is 61.4 Å². The summed E-state index contributed by atoms with van der Waals surface area (Å²) in [5.41, 5.74) is 8.35. The number of nitrogens with one attached hydrogen (secondary N) is 2. The minimum atomic E-state index is 0.332. The van der Waals surface area contributed by atoms with Gasteiger partial charge in [0.2, 0.25) is 0 Å². The molecule has 0 spiro atoms. The molecule has 0 aromatic heterocycles. The number of hydrogen-bond donors (Lipinski definition) is 2. The summed E-state index contributed by atoms with van der Waals surface area (Å²) in [6.45, 7) is 11.7. The molecule has 0 bridgehead atoms. The third-order valence-electron chi connectivity index (χ3n) is 4.62. The number of thiocarbonyl (C=S) groups is 1.